The number of nitrogens with zero attached hydrogens (tertiary/aromatic N) is 3. The van der Waals surface area contributed by atoms with Gasteiger partial charge in [0, 0.05) is 17.8 Å². The number of hydrogen-bond acceptors (Lipinski definition) is 4. The van der Waals surface area contributed by atoms with E-state index in [1.54, 1.807) is 17.0 Å². The fourth-order valence-corrected chi connectivity index (χ4v) is 3.38. The maximum Gasteiger partial charge on any atom is 0.322 e. The van der Waals surface area contributed by atoms with Gasteiger partial charge in [0.1, 0.15) is 11.9 Å². The van der Waals surface area contributed by atoms with Crippen LogP contribution in [0, 0.1) is 12.7 Å². The summed E-state index contributed by atoms with van der Waals surface area (Å²) in [6.45, 7) is 2.59. The van der Waals surface area contributed by atoms with Crippen molar-refractivity contribution in [2.24, 2.45) is 0 Å². The standard InChI is InChI=1S/C21H21FN4O2/c1-14-8-10-15(11-9-14)19-24-20(28-25-19)18-7-2-3-12-26(18)21(27)23-17-6-4-5-16(22)13-17/h4-6,8-11,13,18H,2-3,7,12H2,1H3,(H,23,27)/t18-/m0/s1. The number of piperidine rings is 1. The molecule has 4 rings (SSSR count). The van der Waals surface area contributed by atoms with Crippen LogP contribution in [0.3, 0.4) is 0 Å². The van der Waals surface area contributed by atoms with Crippen molar-refractivity contribution in [3.8, 4) is 11.4 Å². The van der Waals surface area contributed by atoms with Gasteiger partial charge in [-0.15, -0.1) is 0 Å². The van der Waals surface area contributed by atoms with E-state index in [1.807, 2.05) is 31.2 Å². The zero-order valence-corrected chi connectivity index (χ0v) is 15.6. The zero-order chi connectivity index (χ0) is 19.5. The van der Waals surface area contributed by atoms with E-state index >= 15 is 0 Å². The van der Waals surface area contributed by atoms with E-state index in [2.05, 4.69) is 15.5 Å². The molecule has 0 unspecified atom stereocenters. The summed E-state index contributed by atoms with van der Waals surface area (Å²) in [5.74, 6) is 0.531. The molecule has 0 spiro atoms. The number of aryl methyl sites for hydroxylation is 1. The molecular weight excluding hydrogens is 359 g/mol. The van der Waals surface area contributed by atoms with Gasteiger partial charge in [0.05, 0.1) is 0 Å². The molecule has 0 bridgehead atoms. The molecule has 0 radical (unpaired) electrons. The van der Waals surface area contributed by atoms with Gasteiger partial charge in [-0.25, -0.2) is 9.18 Å². The first-order valence-corrected chi connectivity index (χ1v) is 9.34. The average Bonchev–Trinajstić information content (AvgIpc) is 3.18. The molecule has 0 saturated carbocycles. The lowest BCUT2D eigenvalue weighted by atomic mass is 10.0. The van der Waals surface area contributed by atoms with Crippen molar-refractivity contribution < 1.29 is 13.7 Å². The molecule has 1 saturated heterocycles. The molecule has 1 fully saturated rings. The Morgan fingerprint density at radius 3 is 2.82 bits per heavy atom. The summed E-state index contributed by atoms with van der Waals surface area (Å²) >= 11 is 0. The summed E-state index contributed by atoms with van der Waals surface area (Å²) < 4.78 is 18.9. The van der Waals surface area contributed by atoms with Crippen LogP contribution >= 0.6 is 0 Å². The van der Waals surface area contributed by atoms with Gasteiger partial charge in [0.2, 0.25) is 11.7 Å². The van der Waals surface area contributed by atoms with Gasteiger partial charge in [-0.05, 0) is 44.4 Å². The first-order valence-electron chi connectivity index (χ1n) is 9.34. The van der Waals surface area contributed by atoms with Gasteiger partial charge in [0.15, 0.2) is 0 Å². The topological polar surface area (TPSA) is 71.3 Å². The second-order valence-electron chi connectivity index (χ2n) is 6.97. The Hall–Kier alpha value is -3.22. The van der Waals surface area contributed by atoms with Crippen LogP contribution in [0.25, 0.3) is 11.4 Å². The van der Waals surface area contributed by atoms with Gasteiger partial charge in [-0.2, -0.15) is 4.98 Å². The van der Waals surface area contributed by atoms with Crippen LogP contribution in [0.4, 0.5) is 14.9 Å². The van der Waals surface area contributed by atoms with E-state index in [0.717, 1.165) is 30.4 Å². The molecule has 1 aliphatic heterocycles. The minimum Gasteiger partial charge on any atom is -0.337 e. The number of benzene rings is 2. The van der Waals surface area contributed by atoms with Gasteiger partial charge >= 0.3 is 6.03 Å². The quantitative estimate of drug-likeness (QED) is 0.698. The highest BCUT2D eigenvalue weighted by molar-refractivity contribution is 5.89. The van der Waals surface area contributed by atoms with Crippen LogP contribution in [-0.2, 0) is 0 Å². The number of anilines is 1. The maximum absolute atomic E-state index is 13.4. The van der Waals surface area contributed by atoms with E-state index in [0.29, 0.717) is 23.9 Å². The predicted octanol–water partition coefficient (Wildman–Crippen LogP) is 4.94. The molecule has 1 atom stereocenters. The van der Waals surface area contributed by atoms with Crippen molar-refractivity contribution in [3.05, 3.63) is 65.8 Å². The summed E-state index contributed by atoms with van der Waals surface area (Å²) in [6.07, 6.45) is 2.61. The highest BCUT2D eigenvalue weighted by atomic mass is 19.1. The lowest BCUT2D eigenvalue weighted by molar-refractivity contribution is 0.142. The highest BCUT2D eigenvalue weighted by Gasteiger charge is 2.32. The van der Waals surface area contributed by atoms with Gasteiger partial charge in [0.25, 0.3) is 0 Å². The van der Waals surface area contributed by atoms with Crippen LogP contribution in [0.5, 0.6) is 0 Å². The molecule has 0 aliphatic carbocycles. The van der Waals surface area contributed by atoms with E-state index in [-0.39, 0.29) is 12.1 Å². The Labute approximate surface area is 162 Å². The third-order valence-corrected chi connectivity index (χ3v) is 4.88. The largest absolute Gasteiger partial charge is 0.337 e. The number of nitrogens with one attached hydrogen (secondary N) is 1. The van der Waals surface area contributed by atoms with E-state index in [1.165, 1.54) is 12.1 Å². The molecule has 144 valence electrons. The van der Waals surface area contributed by atoms with Crippen molar-refractivity contribution in [3.63, 3.8) is 0 Å². The number of rotatable bonds is 3. The van der Waals surface area contributed by atoms with Crippen LogP contribution in [0.2, 0.25) is 0 Å². The molecule has 28 heavy (non-hydrogen) atoms. The number of amides is 2. The summed E-state index contributed by atoms with van der Waals surface area (Å²) in [4.78, 5) is 19.0. The van der Waals surface area contributed by atoms with Crippen LogP contribution < -0.4 is 5.32 Å². The molecular formula is C21H21FN4O2. The summed E-state index contributed by atoms with van der Waals surface area (Å²) in [7, 11) is 0. The summed E-state index contributed by atoms with van der Waals surface area (Å²) in [5.41, 5.74) is 2.44. The third kappa shape index (κ3) is 3.88. The number of carbonyl (C=O) groups is 1. The zero-order valence-electron chi connectivity index (χ0n) is 15.6. The summed E-state index contributed by atoms with van der Waals surface area (Å²) in [6, 6.07) is 13.1. The second kappa shape index (κ2) is 7.80. The molecule has 3 aromatic rings. The van der Waals surface area contributed by atoms with Crippen molar-refractivity contribution in [2.75, 3.05) is 11.9 Å². The number of hydrogen-bond donors (Lipinski definition) is 1. The Kier molecular flexibility index (Phi) is 5.06. The smallest absolute Gasteiger partial charge is 0.322 e. The number of aromatic nitrogens is 2. The molecule has 7 heteroatoms. The third-order valence-electron chi connectivity index (χ3n) is 4.88. The lowest BCUT2D eigenvalue weighted by Crippen LogP contribution is -2.41. The number of likely N-dealkylation sites (tertiary alicyclic amines) is 1. The number of urea groups is 1. The monoisotopic (exact) mass is 380 g/mol. The highest BCUT2D eigenvalue weighted by Crippen LogP contribution is 2.31. The van der Waals surface area contributed by atoms with Crippen molar-refractivity contribution in [2.45, 2.75) is 32.2 Å². The van der Waals surface area contributed by atoms with Crippen LogP contribution in [-0.4, -0.2) is 27.6 Å². The Balaban J connectivity index is 1.54. The Bertz CT molecular complexity index is 971. The fraction of sp³-hybridized carbons (Fsp3) is 0.286. The molecule has 2 heterocycles. The van der Waals surface area contributed by atoms with Crippen molar-refractivity contribution >= 4 is 11.7 Å². The molecule has 1 aromatic heterocycles. The predicted molar refractivity (Wildman–Crippen MR) is 103 cm³/mol. The first-order chi connectivity index (χ1) is 13.6. The van der Waals surface area contributed by atoms with E-state index in [4.69, 9.17) is 4.52 Å². The minimum absolute atomic E-state index is 0.297. The normalized spacial score (nSPS) is 16.8. The lowest BCUT2D eigenvalue weighted by Gasteiger charge is -2.33. The van der Waals surface area contributed by atoms with Gasteiger partial charge < -0.3 is 14.7 Å². The molecule has 1 aliphatic rings. The Morgan fingerprint density at radius 2 is 2.04 bits per heavy atom. The molecule has 2 amide bonds. The van der Waals surface area contributed by atoms with Crippen LogP contribution in [0.15, 0.2) is 53.1 Å². The van der Waals surface area contributed by atoms with Crippen LogP contribution in [0.1, 0.15) is 36.8 Å². The van der Waals surface area contributed by atoms with Gasteiger partial charge in [-0.3, -0.25) is 0 Å². The van der Waals surface area contributed by atoms with E-state index < -0.39 is 5.82 Å². The molecule has 6 nitrogen and oxygen atoms in total. The SMILES string of the molecule is Cc1ccc(-c2noc([C@@H]3CCCCN3C(=O)Nc3cccc(F)c3)n2)cc1. The minimum atomic E-state index is -0.396. The average molecular weight is 380 g/mol. The molecule has 2 aromatic carbocycles. The van der Waals surface area contributed by atoms with Crippen molar-refractivity contribution in [1.82, 2.24) is 15.0 Å². The Morgan fingerprint density at radius 1 is 1.21 bits per heavy atom. The first kappa shape index (κ1) is 18.2. The summed E-state index contributed by atoms with van der Waals surface area (Å²) in [5, 5.41) is 6.84. The fourth-order valence-electron chi connectivity index (χ4n) is 3.38. The second-order valence-corrected chi connectivity index (χ2v) is 6.97. The van der Waals surface area contributed by atoms with Crippen molar-refractivity contribution in [1.29, 1.82) is 0 Å². The maximum atomic E-state index is 13.4. The molecule has 1 N–H and O–H groups in total. The van der Waals surface area contributed by atoms with E-state index in [9.17, 15) is 9.18 Å². The number of carbonyl (C=O) groups excluding carboxylic acids is 1. The van der Waals surface area contributed by atoms with Gasteiger partial charge in [-0.1, -0.05) is 41.1 Å². The number of halogens is 1.